The first-order valence-electron chi connectivity index (χ1n) is 8.13. The van der Waals surface area contributed by atoms with Crippen LogP contribution in [0.1, 0.15) is 22.0 Å². The number of hydrogen-bond donors (Lipinski definition) is 1. The van der Waals surface area contributed by atoms with Crippen LogP contribution in [0.4, 0.5) is 0 Å². The topological polar surface area (TPSA) is 50.8 Å². The zero-order chi connectivity index (χ0) is 17.8. The largest absolute Gasteiger partial charge is 0.497 e. The van der Waals surface area contributed by atoms with Gasteiger partial charge >= 0.3 is 0 Å². The van der Waals surface area contributed by atoms with Crippen molar-refractivity contribution in [2.75, 3.05) is 33.9 Å². The van der Waals surface area contributed by atoms with Crippen LogP contribution in [0.3, 0.4) is 0 Å². The minimum absolute atomic E-state index is 0. The van der Waals surface area contributed by atoms with E-state index in [-0.39, 0.29) is 24.4 Å². The molecule has 0 aromatic heterocycles. The molecule has 0 bridgehead atoms. The van der Waals surface area contributed by atoms with Crippen LogP contribution in [0, 0.1) is 0 Å². The normalized spacial score (nSPS) is 16.6. The van der Waals surface area contributed by atoms with Gasteiger partial charge in [0.25, 0.3) is 5.91 Å². The standard InChI is InChI=1S/C19H21ClN2O3.ClH/c1-24-15-6-7-18(25-2)16(11-15)19(23)22-9-8-21-12-17(22)13-4-3-5-14(20)10-13;/h3-7,10-11,17,21H,8-9,12H2,1-2H3;1H. The van der Waals surface area contributed by atoms with E-state index in [9.17, 15) is 4.79 Å². The summed E-state index contributed by atoms with van der Waals surface area (Å²) in [6.07, 6.45) is 0. The van der Waals surface area contributed by atoms with Crippen molar-refractivity contribution in [2.24, 2.45) is 0 Å². The minimum Gasteiger partial charge on any atom is -0.497 e. The Morgan fingerprint density at radius 3 is 2.69 bits per heavy atom. The van der Waals surface area contributed by atoms with Crippen molar-refractivity contribution in [3.05, 3.63) is 58.6 Å². The summed E-state index contributed by atoms with van der Waals surface area (Å²) < 4.78 is 10.6. The molecule has 0 aliphatic carbocycles. The van der Waals surface area contributed by atoms with Gasteiger partial charge in [-0.3, -0.25) is 4.79 Å². The SMILES string of the molecule is COc1ccc(OC)c(C(=O)N2CCNCC2c2cccc(Cl)c2)c1.Cl. The molecule has 0 radical (unpaired) electrons. The lowest BCUT2D eigenvalue weighted by molar-refractivity contribution is 0.0630. The summed E-state index contributed by atoms with van der Waals surface area (Å²) >= 11 is 6.14. The molecule has 1 atom stereocenters. The highest BCUT2D eigenvalue weighted by Gasteiger charge is 2.30. The zero-order valence-electron chi connectivity index (χ0n) is 14.7. The Balaban J connectivity index is 0.00000243. The van der Waals surface area contributed by atoms with E-state index < -0.39 is 0 Å². The van der Waals surface area contributed by atoms with E-state index in [1.165, 1.54) is 0 Å². The fourth-order valence-corrected chi connectivity index (χ4v) is 3.29. The smallest absolute Gasteiger partial charge is 0.258 e. The molecule has 1 unspecified atom stereocenters. The molecule has 2 aromatic rings. The second-order valence-electron chi connectivity index (χ2n) is 5.84. The summed E-state index contributed by atoms with van der Waals surface area (Å²) in [4.78, 5) is 15.1. The predicted molar refractivity (Wildman–Crippen MR) is 105 cm³/mol. The molecule has 26 heavy (non-hydrogen) atoms. The van der Waals surface area contributed by atoms with Gasteiger partial charge in [0.05, 0.1) is 25.8 Å². The molecule has 5 nitrogen and oxygen atoms in total. The van der Waals surface area contributed by atoms with E-state index >= 15 is 0 Å². The molecule has 0 spiro atoms. The average molecular weight is 397 g/mol. The molecule has 1 saturated heterocycles. The van der Waals surface area contributed by atoms with Gasteiger partial charge in [0.15, 0.2) is 0 Å². The van der Waals surface area contributed by atoms with Gasteiger partial charge in [-0.1, -0.05) is 23.7 Å². The van der Waals surface area contributed by atoms with Gasteiger partial charge in [0, 0.05) is 24.7 Å². The third kappa shape index (κ3) is 4.23. The number of carbonyl (C=O) groups is 1. The van der Waals surface area contributed by atoms with Crippen molar-refractivity contribution >= 4 is 29.9 Å². The quantitative estimate of drug-likeness (QED) is 0.857. The Hall–Kier alpha value is -1.95. The second-order valence-corrected chi connectivity index (χ2v) is 6.28. The van der Waals surface area contributed by atoms with Crippen molar-refractivity contribution in [1.82, 2.24) is 10.2 Å². The number of piperazine rings is 1. The molecule has 1 fully saturated rings. The first-order chi connectivity index (χ1) is 12.1. The van der Waals surface area contributed by atoms with Gasteiger partial charge in [-0.05, 0) is 35.9 Å². The Morgan fingerprint density at radius 1 is 1.19 bits per heavy atom. The Kier molecular flexibility index (Phi) is 7.14. The van der Waals surface area contributed by atoms with Gasteiger partial charge in [0.1, 0.15) is 11.5 Å². The summed E-state index contributed by atoms with van der Waals surface area (Å²) in [7, 11) is 3.14. The number of carbonyl (C=O) groups excluding carboxylic acids is 1. The molecule has 1 heterocycles. The maximum absolute atomic E-state index is 13.2. The fraction of sp³-hybridized carbons (Fsp3) is 0.316. The highest BCUT2D eigenvalue weighted by atomic mass is 35.5. The van der Waals surface area contributed by atoms with Crippen molar-refractivity contribution in [2.45, 2.75) is 6.04 Å². The lowest BCUT2D eigenvalue weighted by Gasteiger charge is -2.37. The summed E-state index contributed by atoms with van der Waals surface area (Å²) in [6.45, 7) is 2.03. The minimum atomic E-state index is -0.0872. The summed E-state index contributed by atoms with van der Waals surface area (Å²) in [5.41, 5.74) is 1.51. The Morgan fingerprint density at radius 2 is 2.00 bits per heavy atom. The van der Waals surface area contributed by atoms with Crippen LogP contribution in [0.15, 0.2) is 42.5 Å². The molecule has 140 valence electrons. The number of methoxy groups -OCH3 is 2. The Bertz CT molecular complexity index is 770. The van der Waals surface area contributed by atoms with Gasteiger partial charge in [0.2, 0.25) is 0 Å². The maximum atomic E-state index is 13.2. The van der Waals surface area contributed by atoms with Crippen molar-refractivity contribution in [3.8, 4) is 11.5 Å². The van der Waals surface area contributed by atoms with Gasteiger partial charge in [-0.2, -0.15) is 0 Å². The lowest BCUT2D eigenvalue weighted by atomic mass is 10.0. The monoisotopic (exact) mass is 396 g/mol. The number of halogens is 2. The van der Waals surface area contributed by atoms with E-state index in [1.54, 1.807) is 32.4 Å². The average Bonchev–Trinajstić information content (AvgIpc) is 2.67. The summed E-state index contributed by atoms with van der Waals surface area (Å²) in [6, 6.07) is 12.8. The van der Waals surface area contributed by atoms with Crippen molar-refractivity contribution < 1.29 is 14.3 Å². The molecule has 1 N–H and O–H groups in total. The fourth-order valence-electron chi connectivity index (χ4n) is 3.09. The number of rotatable bonds is 4. The molecule has 7 heteroatoms. The number of amides is 1. The van der Waals surface area contributed by atoms with Crippen molar-refractivity contribution in [3.63, 3.8) is 0 Å². The van der Waals surface area contributed by atoms with Crippen LogP contribution < -0.4 is 14.8 Å². The van der Waals surface area contributed by atoms with E-state index in [4.69, 9.17) is 21.1 Å². The molecule has 1 amide bonds. The van der Waals surface area contributed by atoms with E-state index in [1.807, 2.05) is 29.2 Å². The van der Waals surface area contributed by atoms with E-state index in [0.717, 1.165) is 12.1 Å². The molecular weight excluding hydrogens is 375 g/mol. The van der Waals surface area contributed by atoms with Crippen LogP contribution >= 0.6 is 24.0 Å². The van der Waals surface area contributed by atoms with E-state index in [2.05, 4.69) is 5.32 Å². The van der Waals surface area contributed by atoms with Gasteiger partial charge < -0.3 is 19.7 Å². The number of ether oxygens (including phenoxy) is 2. The Labute approximate surface area is 164 Å². The van der Waals surface area contributed by atoms with Crippen LogP contribution in [0.2, 0.25) is 5.02 Å². The van der Waals surface area contributed by atoms with Gasteiger partial charge in [-0.25, -0.2) is 0 Å². The first kappa shape index (κ1) is 20.4. The van der Waals surface area contributed by atoms with Crippen LogP contribution in [-0.4, -0.2) is 44.7 Å². The molecule has 3 rings (SSSR count). The molecular formula is C19H22Cl2N2O3. The van der Waals surface area contributed by atoms with Crippen LogP contribution in [0.25, 0.3) is 0 Å². The summed E-state index contributed by atoms with van der Waals surface area (Å²) in [5, 5.41) is 4.01. The number of nitrogens with one attached hydrogen (secondary N) is 1. The maximum Gasteiger partial charge on any atom is 0.258 e. The third-order valence-corrected chi connectivity index (χ3v) is 4.61. The number of benzene rings is 2. The van der Waals surface area contributed by atoms with Crippen LogP contribution in [0.5, 0.6) is 11.5 Å². The highest BCUT2D eigenvalue weighted by Crippen LogP contribution is 2.30. The van der Waals surface area contributed by atoms with Crippen LogP contribution in [-0.2, 0) is 0 Å². The molecule has 1 aliphatic heterocycles. The number of nitrogens with zero attached hydrogens (tertiary/aromatic N) is 1. The summed E-state index contributed by atoms with van der Waals surface area (Å²) in [5.74, 6) is 1.08. The van der Waals surface area contributed by atoms with Crippen molar-refractivity contribution in [1.29, 1.82) is 0 Å². The second kappa shape index (κ2) is 9.12. The third-order valence-electron chi connectivity index (χ3n) is 4.37. The van der Waals surface area contributed by atoms with Gasteiger partial charge in [-0.15, -0.1) is 12.4 Å². The highest BCUT2D eigenvalue weighted by molar-refractivity contribution is 6.30. The zero-order valence-corrected chi connectivity index (χ0v) is 16.3. The lowest BCUT2D eigenvalue weighted by Crippen LogP contribution is -2.48. The van der Waals surface area contributed by atoms with E-state index in [0.29, 0.717) is 35.2 Å². The molecule has 2 aromatic carbocycles. The first-order valence-corrected chi connectivity index (χ1v) is 8.51. The predicted octanol–water partition coefficient (Wildman–Crippen LogP) is 3.57. The molecule has 1 aliphatic rings. The molecule has 0 saturated carbocycles. The number of hydrogen-bond acceptors (Lipinski definition) is 4.